The van der Waals surface area contributed by atoms with E-state index in [0.717, 1.165) is 32.5 Å². The molecular formula is C16H26N4O. The maximum absolute atomic E-state index is 9.34. The molecule has 5 nitrogen and oxygen atoms in total. The van der Waals surface area contributed by atoms with Crippen LogP contribution >= 0.6 is 0 Å². The number of aromatic hydroxyl groups is 1. The zero-order valence-corrected chi connectivity index (χ0v) is 13.2. The molecule has 0 saturated heterocycles. The predicted molar refractivity (Wildman–Crippen MR) is 86.6 cm³/mol. The van der Waals surface area contributed by atoms with Crippen LogP contribution in [0.25, 0.3) is 0 Å². The summed E-state index contributed by atoms with van der Waals surface area (Å²) in [6.07, 6.45) is 1.95. The molecule has 3 N–H and O–H groups in total. The fourth-order valence-electron chi connectivity index (χ4n) is 2.67. The Balaban J connectivity index is 1.97. The highest BCUT2D eigenvalue weighted by atomic mass is 16.3. The first-order valence-electron chi connectivity index (χ1n) is 7.41. The Morgan fingerprint density at radius 2 is 2.00 bits per heavy atom. The molecule has 0 amide bonds. The lowest BCUT2D eigenvalue weighted by atomic mass is 9.92. The number of guanidine groups is 1. The lowest BCUT2D eigenvalue weighted by Gasteiger charge is -2.37. The zero-order valence-electron chi connectivity index (χ0n) is 13.2. The molecular weight excluding hydrogens is 264 g/mol. The number of aliphatic imine (C=N–C) groups is 1. The van der Waals surface area contributed by atoms with Crippen LogP contribution < -0.4 is 5.73 Å². The Morgan fingerprint density at radius 1 is 1.33 bits per heavy atom. The minimum Gasteiger partial charge on any atom is -0.508 e. The van der Waals surface area contributed by atoms with Crippen LogP contribution in [0.5, 0.6) is 5.75 Å². The van der Waals surface area contributed by atoms with E-state index in [-0.39, 0.29) is 5.54 Å². The fraction of sp³-hybridized carbons (Fsp3) is 0.562. The molecule has 1 atom stereocenters. The molecule has 0 spiro atoms. The maximum atomic E-state index is 9.34. The molecule has 116 valence electrons. The monoisotopic (exact) mass is 290 g/mol. The molecule has 1 aliphatic heterocycles. The van der Waals surface area contributed by atoms with Gasteiger partial charge < -0.3 is 20.6 Å². The molecule has 0 aliphatic carbocycles. The second-order valence-corrected chi connectivity index (χ2v) is 6.29. The molecule has 1 aromatic carbocycles. The van der Waals surface area contributed by atoms with Gasteiger partial charge in [0.2, 0.25) is 0 Å². The number of aryl methyl sites for hydroxylation is 1. The van der Waals surface area contributed by atoms with Crippen molar-refractivity contribution in [3.8, 4) is 5.75 Å². The van der Waals surface area contributed by atoms with E-state index in [1.54, 1.807) is 12.1 Å². The van der Waals surface area contributed by atoms with Gasteiger partial charge in [0.05, 0.1) is 12.1 Å². The smallest absolute Gasteiger partial charge is 0.191 e. The first kappa shape index (κ1) is 15.6. The van der Waals surface area contributed by atoms with Crippen LogP contribution in [0.15, 0.2) is 29.3 Å². The van der Waals surface area contributed by atoms with Crippen LogP contribution in [0.2, 0.25) is 0 Å². The third kappa shape index (κ3) is 3.88. The molecule has 0 fully saturated rings. The Morgan fingerprint density at radius 3 is 2.62 bits per heavy atom. The van der Waals surface area contributed by atoms with Gasteiger partial charge in [-0.2, -0.15) is 0 Å². The van der Waals surface area contributed by atoms with Crippen LogP contribution in [-0.4, -0.2) is 60.1 Å². The molecule has 0 radical (unpaired) electrons. The van der Waals surface area contributed by atoms with Crippen molar-refractivity contribution < 1.29 is 5.11 Å². The summed E-state index contributed by atoms with van der Waals surface area (Å²) >= 11 is 0. The average molecular weight is 290 g/mol. The summed E-state index contributed by atoms with van der Waals surface area (Å²) in [5.41, 5.74) is 7.27. The number of likely N-dealkylation sites (N-methyl/N-ethyl adjacent to an activating group) is 1. The quantitative estimate of drug-likeness (QED) is 0.828. The van der Waals surface area contributed by atoms with Crippen molar-refractivity contribution in [3.05, 3.63) is 29.8 Å². The third-order valence-electron chi connectivity index (χ3n) is 4.17. The molecule has 0 saturated carbocycles. The SMILES string of the molecule is CN(C)CCN1C(N)=NCC1(C)CCc1ccc(O)cc1. The summed E-state index contributed by atoms with van der Waals surface area (Å²) in [6.45, 7) is 4.84. The highest BCUT2D eigenvalue weighted by Gasteiger charge is 2.37. The minimum atomic E-state index is -0.0159. The van der Waals surface area contributed by atoms with Gasteiger partial charge in [-0.25, -0.2) is 0 Å². The zero-order chi connectivity index (χ0) is 15.5. The van der Waals surface area contributed by atoms with Gasteiger partial charge in [-0.05, 0) is 51.6 Å². The highest BCUT2D eigenvalue weighted by molar-refractivity contribution is 5.80. The summed E-state index contributed by atoms with van der Waals surface area (Å²) < 4.78 is 0. The maximum Gasteiger partial charge on any atom is 0.191 e. The first-order chi connectivity index (χ1) is 9.90. The van der Waals surface area contributed by atoms with Crippen molar-refractivity contribution >= 4 is 5.96 Å². The number of hydrogen-bond donors (Lipinski definition) is 2. The number of nitrogens with zero attached hydrogens (tertiary/aromatic N) is 3. The topological polar surface area (TPSA) is 65.1 Å². The molecule has 5 heteroatoms. The second-order valence-electron chi connectivity index (χ2n) is 6.29. The highest BCUT2D eigenvalue weighted by Crippen LogP contribution is 2.27. The summed E-state index contributed by atoms with van der Waals surface area (Å²) in [4.78, 5) is 8.83. The summed E-state index contributed by atoms with van der Waals surface area (Å²) in [6, 6.07) is 7.42. The normalized spacial score (nSPS) is 21.9. The van der Waals surface area contributed by atoms with Crippen molar-refractivity contribution in [1.29, 1.82) is 0 Å². The van der Waals surface area contributed by atoms with Crippen LogP contribution in [-0.2, 0) is 6.42 Å². The molecule has 1 unspecified atom stereocenters. The molecule has 2 rings (SSSR count). The van der Waals surface area contributed by atoms with Crippen molar-refractivity contribution in [3.63, 3.8) is 0 Å². The van der Waals surface area contributed by atoms with Gasteiger partial charge in [0, 0.05) is 13.1 Å². The van der Waals surface area contributed by atoms with Gasteiger partial charge >= 0.3 is 0 Å². The van der Waals surface area contributed by atoms with Gasteiger partial charge in [0.1, 0.15) is 5.75 Å². The summed E-state index contributed by atoms with van der Waals surface area (Å²) in [7, 11) is 4.13. The molecule has 0 bridgehead atoms. The van der Waals surface area contributed by atoms with E-state index in [9.17, 15) is 5.11 Å². The largest absolute Gasteiger partial charge is 0.508 e. The van der Waals surface area contributed by atoms with E-state index >= 15 is 0 Å². The fourth-order valence-corrected chi connectivity index (χ4v) is 2.67. The third-order valence-corrected chi connectivity index (χ3v) is 4.17. The summed E-state index contributed by atoms with van der Waals surface area (Å²) in [5.74, 6) is 0.969. The first-order valence-corrected chi connectivity index (χ1v) is 7.41. The summed E-state index contributed by atoms with van der Waals surface area (Å²) in [5, 5.41) is 9.34. The predicted octanol–water partition coefficient (Wildman–Crippen LogP) is 1.28. The average Bonchev–Trinajstić information content (AvgIpc) is 2.72. The van der Waals surface area contributed by atoms with E-state index in [1.807, 2.05) is 12.1 Å². The number of rotatable bonds is 6. The van der Waals surface area contributed by atoms with E-state index < -0.39 is 0 Å². The molecule has 0 aromatic heterocycles. The van der Waals surface area contributed by atoms with Gasteiger partial charge in [-0.3, -0.25) is 4.99 Å². The minimum absolute atomic E-state index is 0.0159. The Hall–Kier alpha value is -1.75. The van der Waals surface area contributed by atoms with Crippen molar-refractivity contribution in [1.82, 2.24) is 9.80 Å². The van der Waals surface area contributed by atoms with Gasteiger partial charge in [-0.15, -0.1) is 0 Å². The Kier molecular flexibility index (Phi) is 4.73. The van der Waals surface area contributed by atoms with E-state index in [1.165, 1.54) is 5.56 Å². The number of hydrogen-bond acceptors (Lipinski definition) is 5. The van der Waals surface area contributed by atoms with Crippen LogP contribution in [0.4, 0.5) is 0 Å². The van der Waals surface area contributed by atoms with Crippen LogP contribution in [0, 0.1) is 0 Å². The molecule has 21 heavy (non-hydrogen) atoms. The van der Waals surface area contributed by atoms with Gasteiger partial charge in [0.25, 0.3) is 0 Å². The van der Waals surface area contributed by atoms with Gasteiger partial charge in [-0.1, -0.05) is 12.1 Å². The van der Waals surface area contributed by atoms with E-state index in [0.29, 0.717) is 11.7 Å². The van der Waals surface area contributed by atoms with Crippen LogP contribution in [0.1, 0.15) is 18.9 Å². The van der Waals surface area contributed by atoms with Crippen molar-refractivity contribution in [2.45, 2.75) is 25.3 Å². The standard InChI is InChI=1S/C16H26N4O/c1-16(9-8-13-4-6-14(21)7-5-13)12-18-15(17)20(16)11-10-19(2)3/h4-7,21H,8-12H2,1-3H3,(H2,17,18). The number of benzene rings is 1. The van der Waals surface area contributed by atoms with E-state index in [2.05, 4.69) is 35.8 Å². The second kappa shape index (κ2) is 6.35. The van der Waals surface area contributed by atoms with Crippen LogP contribution in [0.3, 0.4) is 0 Å². The number of phenols is 1. The Bertz CT molecular complexity index is 498. The van der Waals surface area contributed by atoms with Crippen molar-refractivity contribution in [2.75, 3.05) is 33.7 Å². The van der Waals surface area contributed by atoms with E-state index in [4.69, 9.17) is 5.73 Å². The molecule has 1 aromatic rings. The lowest BCUT2D eigenvalue weighted by molar-refractivity contribution is 0.192. The lowest BCUT2D eigenvalue weighted by Crippen LogP contribution is -2.51. The molecule has 1 heterocycles. The number of phenolic OH excluding ortho intramolecular Hbond substituents is 1. The molecule has 1 aliphatic rings. The number of nitrogens with two attached hydrogens (primary N) is 1. The Labute approximate surface area is 127 Å². The van der Waals surface area contributed by atoms with Gasteiger partial charge in [0.15, 0.2) is 5.96 Å². The van der Waals surface area contributed by atoms with Crippen molar-refractivity contribution in [2.24, 2.45) is 10.7 Å².